The van der Waals surface area contributed by atoms with Crippen molar-refractivity contribution in [1.29, 1.82) is 0 Å². The van der Waals surface area contributed by atoms with Crippen LogP contribution in [0.1, 0.15) is 48.1 Å². The van der Waals surface area contributed by atoms with Crippen LogP contribution in [0.2, 0.25) is 0 Å². The maximum Gasteiger partial charge on any atom is 0 e. The van der Waals surface area contributed by atoms with Crippen molar-refractivity contribution in [3.8, 4) is 0 Å². The SMILES string of the molecule is CC1=CCC(c2ccccc2C[N-]c2c(C)cc(C)cc2C)=C1C.[Ti]. The van der Waals surface area contributed by atoms with E-state index in [1.54, 1.807) is 0 Å². The molecule has 128 valence electrons. The van der Waals surface area contributed by atoms with Gasteiger partial charge in [-0.1, -0.05) is 70.3 Å². The van der Waals surface area contributed by atoms with Gasteiger partial charge in [0, 0.05) is 21.7 Å². The third-order valence-corrected chi connectivity index (χ3v) is 5.04. The average Bonchev–Trinajstić information content (AvgIpc) is 2.86. The van der Waals surface area contributed by atoms with E-state index in [1.807, 2.05) is 0 Å². The number of benzene rings is 2. The van der Waals surface area contributed by atoms with Crippen LogP contribution < -0.4 is 0 Å². The Morgan fingerprint density at radius 3 is 2.16 bits per heavy atom. The summed E-state index contributed by atoms with van der Waals surface area (Å²) < 4.78 is 0. The molecule has 2 aromatic carbocycles. The summed E-state index contributed by atoms with van der Waals surface area (Å²) in [4.78, 5) is 0. The quantitative estimate of drug-likeness (QED) is 0.522. The van der Waals surface area contributed by atoms with Gasteiger partial charge in [0.15, 0.2) is 0 Å². The van der Waals surface area contributed by atoms with Gasteiger partial charge in [0.25, 0.3) is 0 Å². The normalized spacial score (nSPS) is 13.6. The van der Waals surface area contributed by atoms with Crippen LogP contribution in [0.15, 0.2) is 53.6 Å². The molecule has 0 bridgehead atoms. The Balaban J connectivity index is 0.00000225. The zero-order valence-corrected chi connectivity index (χ0v) is 17.5. The number of hydrogen-bond donors (Lipinski definition) is 0. The second-order valence-corrected chi connectivity index (χ2v) is 6.92. The Morgan fingerprint density at radius 2 is 1.56 bits per heavy atom. The Kier molecular flexibility index (Phi) is 6.49. The van der Waals surface area contributed by atoms with Gasteiger partial charge >= 0.3 is 0 Å². The number of hydrogen-bond acceptors (Lipinski definition) is 0. The number of rotatable bonds is 4. The maximum absolute atomic E-state index is 4.95. The molecule has 0 N–H and O–H groups in total. The molecule has 0 heterocycles. The molecule has 0 amide bonds. The van der Waals surface area contributed by atoms with E-state index in [9.17, 15) is 0 Å². The fraction of sp³-hybridized carbons (Fsp3) is 0.304. The van der Waals surface area contributed by atoms with Crippen LogP contribution in [0.25, 0.3) is 10.9 Å². The topological polar surface area (TPSA) is 14.1 Å². The van der Waals surface area contributed by atoms with Gasteiger partial charge < -0.3 is 5.32 Å². The Bertz CT molecular complexity index is 820. The molecule has 1 aliphatic carbocycles. The number of allylic oxidation sites excluding steroid dienone is 4. The summed E-state index contributed by atoms with van der Waals surface area (Å²) in [7, 11) is 0. The molecule has 0 saturated heterocycles. The molecule has 0 atom stereocenters. The van der Waals surface area contributed by atoms with Gasteiger partial charge in [-0.25, -0.2) is 0 Å². The van der Waals surface area contributed by atoms with E-state index in [2.05, 4.69) is 77.1 Å². The zero-order valence-electron chi connectivity index (χ0n) is 15.9. The van der Waals surface area contributed by atoms with Crippen LogP contribution in [-0.2, 0) is 28.3 Å². The fourth-order valence-corrected chi connectivity index (χ4v) is 3.65. The zero-order chi connectivity index (χ0) is 17.3. The van der Waals surface area contributed by atoms with E-state index in [4.69, 9.17) is 5.32 Å². The first-order chi connectivity index (χ1) is 11.5. The summed E-state index contributed by atoms with van der Waals surface area (Å²) in [6, 6.07) is 13.1. The Labute approximate surface area is 167 Å². The minimum atomic E-state index is 0. The van der Waals surface area contributed by atoms with Gasteiger partial charge in [-0.05, 0) is 57.7 Å². The van der Waals surface area contributed by atoms with E-state index in [0.29, 0.717) is 0 Å². The van der Waals surface area contributed by atoms with E-state index < -0.39 is 0 Å². The van der Waals surface area contributed by atoms with Crippen molar-refractivity contribution in [3.63, 3.8) is 0 Å². The van der Waals surface area contributed by atoms with E-state index in [-0.39, 0.29) is 21.7 Å². The summed E-state index contributed by atoms with van der Waals surface area (Å²) in [5, 5.41) is 4.95. The van der Waals surface area contributed by atoms with Crippen molar-refractivity contribution in [2.45, 2.75) is 47.6 Å². The molecule has 0 unspecified atom stereocenters. The first-order valence-electron chi connectivity index (χ1n) is 8.68. The van der Waals surface area contributed by atoms with Crippen molar-refractivity contribution in [1.82, 2.24) is 0 Å². The van der Waals surface area contributed by atoms with Crippen molar-refractivity contribution in [2.24, 2.45) is 0 Å². The van der Waals surface area contributed by atoms with Gasteiger partial charge in [-0.3, -0.25) is 0 Å². The summed E-state index contributed by atoms with van der Waals surface area (Å²) in [6.07, 6.45) is 3.37. The minimum absolute atomic E-state index is 0. The minimum Gasteiger partial charge on any atom is -0.680 e. The molecule has 0 radical (unpaired) electrons. The molecular formula is C23H26NTi-. The Morgan fingerprint density at radius 1 is 0.920 bits per heavy atom. The molecule has 0 aliphatic heterocycles. The van der Waals surface area contributed by atoms with Crippen LogP contribution in [-0.4, -0.2) is 0 Å². The first kappa shape index (κ1) is 19.8. The molecule has 0 saturated carbocycles. The van der Waals surface area contributed by atoms with E-state index >= 15 is 0 Å². The molecule has 1 aliphatic rings. The van der Waals surface area contributed by atoms with Crippen LogP contribution >= 0.6 is 0 Å². The summed E-state index contributed by atoms with van der Waals surface area (Å²) in [5.41, 5.74) is 11.9. The molecule has 1 nitrogen and oxygen atoms in total. The van der Waals surface area contributed by atoms with Crippen molar-refractivity contribution >= 4 is 11.3 Å². The molecule has 0 spiro atoms. The third-order valence-electron chi connectivity index (χ3n) is 5.04. The largest absolute Gasteiger partial charge is 0.680 e. The van der Waals surface area contributed by atoms with E-state index in [1.165, 1.54) is 44.5 Å². The standard InChI is InChI=1S/C23H26N.Ti/c1-15-12-17(3)23(18(4)13-15)24-14-20-8-6-7-9-22(20)21-11-10-16(2)19(21)5;/h6-10,12-13H,11,14H2,1-5H3;/q-1;. The molecule has 0 aromatic heterocycles. The number of nitrogens with zero attached hydrogens (tertiary/aromatic N) is 1. The van der Waals surface area contributed by atoms with Crippen LogP contribution in [0.3, 0.4) is 0 Å². The second kappa shape index (κ2) is 8.21. The molecular weight excluding hydrogens is 338 g/mol. The third kappa shape index (κ3) is 4.16. The van der Waals surface area contributed by atoms with Crippen LogP contribution in [0.5, 0.6) is 0 Å². The fourth-order valence-electron chi connectivity index (χ4n) is 3.65. The number of aryl methyl sites for hydroxylation is 3. The van der Waals surface area contributed by atoms with Crippen molar-refractivity contribution in [3.05, 3.63) is 86.8 Å². The second-order valence-electron chi connectivity index (χ2n) is 6.92. The van der Waals surface area contributed by atoms with Crippen molar-refractivity contribution in [2.75, 3.05) is 0 Å². The molecule has 0 fully saturated rings. The van der Waals surface area contributed by atoms with Gasteiger partial charge in [0.05, 0.1) is 0 Å². The molecule has 2 heteroatoms. The summed E-state index contributed by atoms with van der Waals surface area (Å²) in [6.45, 7) is 11.6. The smallest absolute Gasteiger partial charge is 0 e. The summed E-state index contributed by atoms with van der Waals surface area (Å²) in [5.74, 6) is 0. The summed E-state index contributed by atoms with van der Waals surface area (Å²) >= 11 is 0. The predicted octanol–water partition coefficient (Wildman–Crippen LogP) is 6.94. The van der Waals surface area contributed by atoms with Gasteiger partial charge in [0.1, 0.15) is 0 Å². The monoisotopic (exact) mass is 364 g/mol. The molecule has 25 heavy (non-hydrogen) atoms. The maximum atomic E-state index is 4.95. The van der Waals surface area contributed by atoms with Crippen LogP contribution in [0.4, 0.5) is 5.69 Å². The van der Waals surface area contributed by atoms with Crippen molar-refractivity contribution < 1.29 is 21.7 Å². The Hall–Kier alpha value is -1.57. The van der Waals surface area contributed by atoms with Gasteiger partial charge in [-0.15, -0.1) is 12.2 Å². The average molecular weight is 364 g/mol. The predicted molar refractivity (Wildman–Crippen MR) is 105 cm³/mol. The van der Waals surface area contributed by atoms with Gasteiger partial charge in [0.2, 0.25) is 0 Å². The van der Waals surface area contributed by atoms with Crippen LogP contribution in [0, 0.1) is 20.8 Å². The molecule has 3 rings (SSSR count). The first-order valence-corrected chi connectivity index (χ1v) is 8.68. The molecule has 2 aromatic rings. The van der Waals surface area contributed by atoms with Gasteiger partial charge in [-0.2, -0.15) is 0 Å². The van der Waals surface area contributed by atoms with E-state index in [0.717, 1.165) is 18.7 Å².